The zero-order valence-electron chi connectivity index (χ0n) is 17.2. The van der Waals surface area contributed by atoms with Crippen LogP contribution in [0.15, 0.2) is 72.8 Å². The zero-order valence-corrected chi connectivity index (χ0v) is 17.2. The number of hydrogen-bond donors (Lipinski definition) is 1. The van der Waals surface area contributed by atoms with E-state index in [9.17, 15) is 27.6 Å². The van der Waals surface area contributed by atoms with Gasteiger partial charge in [-0.2, -0.15) is 0 Å². The van der Waals surface area contributed by atoms with Gasteiger partial charge in [0.2, 0.25) is 5.91 Å². The van der Waals surface area contributed by atoms with Crippen molar-refractivity contribution < 1.29 is 27.6 Å². The van der Waals surface area contributed by atoms with Crippen LogP contribution in [0.5, 0.6) is 0 Å². The van der Waals surface area contributed by atoms with E-state index in [0.717, 1.165) is 17.0 Å². The van der Waals surface area contributed by atoms with Crippen LogP contribution in [0.2, 0.25) is 0 Å². The molecule has 3 aromatic carbocycles. The molecule has 1 N–H and O–H groups in total. The molecule has 1 fully saturated rings. The van der Waals surface area contributed by atoms with Crippen LogP contribution in [0.4, 0.5) is 29.3 Å². The first-order valence-electron chi connectivity index (χ1n) is 10.0. The molecule has 0 unspecified atom stereocenters. The highest BCUT2D eigenvalue weighted by atomic mass is 19.1. The van der Waals surface area contributed by atoms with Crippen molar-refractivity contribution in [1.29, 1.82) is 0 Å². The van der Waals surface area contributed by atoms with Crippen molar-refractivity contribution in [2.45, 2.75) is 19.0 Å². The van der Waals surface area contributed by atoms with Gasteiger partial charge < -0.3 is 10.2 Å². The normalized spacial score (nSPS) is 15.8. The third kappa shape index (κ3) is 4.87. The number of rotatable bonds is 6. The summed E-state index contributed by atoms with van der Waals surface area (Å²) < 4.78 is 39.7. The molecule has 1 heterocycles. The van der Waals surface area contributed by atoms with E-state index in [4.69, 9.17) is 0 Å². The van der Waals surface area contributed by atoms with E-state index in [1.807, 2.05) is 0 Å². The first-order chi connectivity index (χ1) is 15.8. The third-order valence-electron chi connectivity index (χ3n) is 5.18. The van der Waals surface area contributed by atoms with Crippen molar-refractivity contribution in [3.05, 3.63) is 95.8 Å². The molecule has 1 saturated heterocycles. The topological polar surface area (TPSA) is 69.7 Å². The lowest BCUT2D eigenvalue weighted by atomic mass is 10.1. The lowest BCUT2D eigenvalue weighted by Crippen LogP contribution is -2.37. The Bertz CT molecular complexity index is 1180. The summed E-state index contributed by atoms with van der Waals surface area (Å²) in [4.78, 5) is 41.0. The number of benzene rings is 3. The van der Waals surface area contributed by atoms with Crippen LogP contribution in [0.25, 0.3) is 0 Å². The Morgan fingerprint density at radius 1 is 0.788 bits per heavy atom. The highest BCUT2D eigenvalue weighted by Gasteiger charge is 2.46. The number of hydrogen-bond acceptors (Lipinski definition) is 3. The number of nitrogens with one attached hydrogen (secondary N) is 1. The van der Waals surface area contributed by atoms with Crippen LogP contribution in [0.3, 0.4) is 0 Å². The van der Waals surface area contributed by atoms with Gasteiger partial charge in [0, 0.05) is 12.2 Å². The molecular formula is C24H18F3N3O3. The van der Waals surface area contributed by atoms with E-state index in [1.165, 1.54) is 65.6 Å². The summed E-state index contributed by atoms with van der Waals surface area (Å²) in [7, 11) is 0. The van der Waals surface area contributed by atoms with Crippen LogP contribution < -0.4 is 10.2 Å². The van der Waals surface area contributed by atoms with Crippen molar-refractivity contribution in [2.75, 3.05) is 10.2 Å². The van der Waals surface area contributed by atoms with Crippen LogP contribution in [-0.4, -0.2) is 28.8 Å². The number of anilines is 2. The predicted octanol–water partition coefficient (Wildman–Crippen LogP) is 4.47. The molecule has 1 aliphatic heterocycles. The summed E-state index contributed by atoms with van der Waals surface area (Å²) in [5.74, 6) is -2.66. The molecule has 0 saturated carbocycles. The van der Waals surface area contributed by atoms with Gasteiger partial charge in [0.15, 0.2) is 0 Å². The van der Waals surface area contributed by atoms with E-state index >= 15 is 0 Å². The SMILES string of the molecule is O=C(C[C@@H]1C(=O)N(c2ccc(F)cc2)C(=O)N1Cc1ccc(F)cc1)Nc1ccc(F)cc1. The number of halogens is 3. The fourth-order valence-corrected chi connectivity index (χ4v) is 3.55. The standard InChI is InChI=1S/C24H18F3N3O3/c25-16-3-1-15(2-4-16)14-29-21(13-22(31)28-19-9-5-17(26)6-10-19)23(32)30(24(29)33)20-11-7-18(27)8-12-20/h1-12,21H,13-14H2,(H,28,31)/t21-/m1/s1. The van der Waals surface area contributed by atoms with Gasteiger partial charge in [0.05, 0.1) is 12.1 Å². The van der Waals surface area contributed by atoms with E-state index in [2.05, 4.69) is 5.32 Å². The largest absolute Gasteiger partial charge is 0.332 e. The molecular weight excluding hydrogens is 435 g/mol. The summed E-state index contributed by atoms with van der Waals surface area (Å²) in [6, 6.07) is 13.5. The van der Waals surface area contributed by atoms with Gasteiger partial charge in [-0.05, 0) is 66.2 Å². The van der Waals surface area contributed by atoms with Crippen LogP contribution in [-0.2, 0) is 16.1 Å². The van der Waals surface area contributed by atoms with E-state index < -0.39 is 41.3 Å². The molecule has 1 aliphatic rings. The molecule has 0 spiro atoms. The molecule has 33 heavy (non-hydrogen) atoms. The smallest absolute Gasteiger partial charge is 0.326 e. The molecule has 3 aromatic rings. The predicted molar refractivity (Wildman–Crippen MR) is 115 cm³/mol. The summed E-state index contributed by atoms with van der Waals surface area (Å²) in [5, 5.41) is 2.57. The molecule has 9 heteroatoms. The molecule has 1 atom stereocenters. The maximum atomic E-state index is 13.3. The van der Waals surface area contributed by atoms with Gasteiger partial charge in [-0.1, -0.05) is 12.1 Å². The highest BCUT2D eigenvalue weighted by molar-refractivity contribution is 6.22. The summed E-state index contributed by atoms with van der Waals surface area (Å²) in [5.41, 5.74) is 1.05. The first-order valence-corrected chi connectivity index (χ1v) is 10.0. The second kappa shape index (κ2) is 9.15. The third-order valence-corrected chi connectivity index (χ3v) is 5.18. The molecule has 4 rings (SSSR count). The van der Waals surface area contributed by atoms with Crippen LogP contribution in [0.1, 0.15) is 12.0 Å². The molecule has 0 aromatic heterocycles. The van der Waals surface area contributed by atoms with E-state index in [1.54, 1.807) is 0 Å². The van der Waals surface area contributed by atoms with E-state index in [-0.39, 0.29) is 18.7 Å². The van der Waals surface area contributed by atoms with Gasteiger partial charge >= 0.3 is 6.03 Å². The Morgan fingerprint density at radius 3 is 1.88 bits per heavy atom. The van der Waals surface area contributed by atoms with Gasteiger partial charge in [-0.15, -0.1) is 0 Å². The minimum atomic E-state index is -1.15. The Labute approximate surface area is 187 Å². The number of nitrogens with zero attached hydrogens (tertiary/aromatic N) is 2. The van der Waals surface area contributed by atoms with Gasteiger partial charge in [0.25, 0.3) is 5.91 Å². The number of carbonyl (C=O) groups is 3. The maximum Gasteiger partial charge on any atom is 0.332 e. The fraction of sp³-hybridized carbons (Fsp3) is 0.125. The molecule has 168 valence electrons. The van der Waals surface area contributed by atoms with Crippen LogP contribution >= 0.6 is 0 Å². The first kappa shape index (κ1) is 22.1. The zero-order chi connectivity index (χ0) is 23.5. The summed E-state index contributed by atoms with van der Waals surface area (Å²) in [6.45, 7) is -0.0446. The Morgan fingerprint density at radius 2 is 1.30 bits per heavy atom. The summed E-state index contributed by atoms with van der Waals surface area (Å²) >= 11 is 0. The fourth-order valence-electron chi connectivity index (χ4n) is 3.55. The Hall–Kier alpha value is -4.14. The molecule has 0 bridgehead atoms. The van der Waals surface area contributed by atoms with Crippen molar-refractivity contribution in [3.63, 3.8) is 0 Å². The lowest BCUT2D eigenvalue weighted by molar-refractivity contribution is -0.124. The monoisotopic (exact) mass is 453 g/mol. The highest BCUT2D eigenvalue weighted by Crippen LogP contribution is 2.29. The van der Waals surface area contributed by atoms with Gasteiger partial charge in [0.1, 0.15) is 23.5 Å². The molecule has 0 aliphatic carbocycles. The minimum absolute atomic E-state index is 0.0446. The number of carbonyl (C=O) groups excluding carboxylic acids is 3. The van der Waals surface area contributed by atoms with Crippen molar-refractivity contribution in [3.8, 4) is 0 Å². The number of urea groups is 1. The van der Waals surface area contributed by atoms with Crippen molar-refractivity contribution in [1.82, 2.24) is 4.90 Å². The second-order valence-corrected chi connectivity index (χ2v) is 7.46. The number of amides is 4. The number of imide groups is 1. The van der Waals surface area contributed by atoms with E-state index in [0.29, 0.717) is 11.3 Å². The minimum Gasteiger partial charge on any atom is -0.326 e. The van der Waals surface area contributed by atoms with Gasteiger partial charge in [-0.25, -0.2) is 22.9 Å². The Kier molecular flexibility index (Phi) is 6.12. The molecule has 6 nitrogen and oxygen atoms in total. The maximum absolute atomic E-state index is 13.3. The van der Waals surface area contributed by atoms with Gasteiger partial charge in [-0.3, -0.25) is 9.59 Å². The Balaban J connectivity index is 1.59. The molecule has 4 amide bonds. The second-order valence-electron chi connectivity index (χ2n) is 7.46. The van der Waals surface area contributed by atoms with Crippen molar-refractivity contribution in [2.24, 2.45) is 0 Å². The average molecular weight is 453 g/mol. The average Bonchev–Trinajstić information content (AvgIpc) is 3.01. The van der Waals surface area contributed by atoms with Crippen molar-refractivity contribution >= 4 is 29.2 Å². The quantitative estimate of drug-likeness (QED) is 0.560. The van der Waals surface area contributed by atoms with Crippen LogP contribution in [0, 0.1) is 17.5 Å². The molecule has 0 radical (unpaired) electrons. The lowest BCUT2D eigenvalue weighted by Gasteiger charge is -2.21. The summed E-state index contributed by atoms with van der Waals surface area (Å²) in [6.07, 6.45) is -0.360.